The normalized spacial score (nSPS) is 17.1. The highest BCUT2D eigenvalue weighted by Gasteiger charge is 2.26. The largest absolute Gasteiger partial charge is 0.352 e. The third-order valence-electron chi connectivity index (χ3n) is 5.17. The lowest BCUT2D eigenvalue weighted by atomic mass is 9.97. The second kappa shape index (κ2) is 9.36. The number of aromatic nitrogens is 2. The highest BCUT2D eigenvalue weighted by Crippen LogP contribution is 2.22. The zero-order valence-electron chi connectivity index (χ0n) is 16.4. The lowest BCUT2D eigenvalue weighted by Crippen LogP contribution is -2.42. The van der Waals surface area contributed by atoms with Gasteiger partial charge in [0.2, 0.25) is 17.6 Å². The average Bonchev–Trinajstić information content (AvgIpc) is 3.22. The molecule has 4 rings (SSSR count). The third kappa shape index (κ3) is 5.23. The molecule has 2 aromatic carbocycles. The summed E-state index contributed by atoms with van der Waals surface area (Å²) in [6, 6.07) is 13.4. The second-order valence-electron chi connectivity index (χ2n) is 7.44. The van der Waals surface area contributed by atoms with E-state index < -0.39 is 0 Å². The van der Waals surface area contributed by atoms with E-state index in [0.29, 0.717) is 36.4 Å². The summed E-state index contributed by atoms with van der Waals surface area (Å²) in [5.74, 6) is 0.631. The summed E-state index contributed by atoms with van der Waals surface area (Å²) in [7, 11) is 0. The van der Waals surface area contributed by atoms with Crippen LogP contribution in [-0.2, 0) is 17.9 Å². The van der Waals surface area contributed by atoms with E-state index in [1.54, 1.807) is 24.3 Å². The third-order valence-corrected chi connectivity index (χ3v) is 5.40. The minimum Gasteiger partial charge on any atom is -0.352 e. The zero-order chi connectivity index (χ0) is 20.9. The van der Waals surface area contributed by atoms with Crippen LogP contribution in [0.25, 0.3) is 11.4 Å². The molecule has 1 unspecified atom stereocenters. The SMILES string of the molecule is O=C(NCc1ccc(F)cc1)C1CCCN(Cc2nc(-c3cccc(Cl)c3)no2)C1. The molecule has 30 heavy (non-hydrogen) atoms. The Bertz CT molecular complexity index is 1010. The summed E-state index contributed by atoms with van der Waals surface area (Å²) in [6.45, 7) is 2.39. The Labute approximate surface area is 179 Å². The van der Waals surface area contributed by atoms with Crippen molar-refractivity contribution in [2.24, 2.45) is 5.92 Å². The number of amides is 1. The predicted molar refractivity (Wildman–Crippen MR) is 111 cm³/mol. The fraction of sp³-hybridized carbons (Fsp3) is 0.318. The van der Waals surface area contributed by atoms with Crippen LogP contribution in [0.2, 0.25) is 5.02 Å². The van der Waals surface area contributed by atoms with Gasteiger partial charge in [-0.3, -0.25) is 9.69 Å². The molecule has 2 heterocycles. The maximum Gasteiger partial charge on any atom is 0.241 e. The van der Waals surface area contributed by atoms with Crippen molar-refractivity contribution in [3.63, 3.8) is 0 Å². The van der Waals surface area contributed by atoms with Gasteiger partial charge in [0, 0.05) is 23.7 Å². The number of piperidine rings is 1. The molecule has 0 bridgehead atoms. The number of hydrogen-bond donors (Lipinski definition) is 1. The standard InChI is InChI=1S/C22H22ClFN4O2/c23-18-5-1-3-16(11-18)21-26-20(30-27-21)14-28-10-2-4-17(13-28)22(29)25-12-15-6-8-19(24)9-7-15/h1,3,5-9,11,17H,2,4,10,12-14H2,(H,25,29). The predicted octanol–water partition coefficient (Wildman–Crippen LogP) is 4.06. The minimum absolute atomic E-state index is 0.00849. The van der Waals surface area contributed by atoms with E-state index in [1.165, 1.54) is 12.1 Å². The van der Waals surface area contributed by atoms with Gasteiger partial charge in [0.25, 0.3) is 0 Å². The fourth-order valence-electron chi connectivity index (χ4n) is 3.60. The number of benzene rings is 2. The summed E-state index contributed by atoms with van der Waals surface area (Å²) in [6.07, 6.45) is 1.76. The molecule has 8 heteroatoms. The molecule has 3 aromatic rings. The average molecular weight is 429 g/mol. The van der Waals surface area contributed by atoms with Crippen LogP contribution < -0.4 is 5.32 Å². The van der Waals surface area contributed by atoms with Gasteiger partial charge < -0.3 is 9.84 Å². The first-order valence-electron chi connectivity index (χ1n) is 9.90. The van der Waals surface area contributed by atoms with Crippen molar-refractivity contribution >= 4 is 17.5 Å². The number of rotatable bonds is 6. The molecule has 0 spiro atoms. The zero-order valence-corrected chi connectivity index (χ0v) is 17.1. The summed E-state index contributed by atoms with van der Waals surface area (Å²) < 4.78 is 18.4. The molecule has 0 aliphatic carbocycles. The van der Waals surface area contributed by atoms with Gasteiger partial charge in [0.1, 0.15) is 5.82 Å². The van der Waals surface area contributed by atoms with Crippen molar-refractivity contribution in [1.29, 1.82) is 0 Å². The van der Waals surface area contributed by atoms with E-state index in [-0.39, 0.29) is 17.6 Å². The summed E-state index contributed by atoms with van der Waals surface area (Å²) in [4.78, 5) is 19.2. The molecule has 6 nitrogen and oxygen atoms in total. The Morgan fingerprint density at radius 3 is 2.90 bits per heavy atom. The number of nitrogens with one attached hydrogen (secondary N) is 1. The maximum atomic E-state index is 13.0. The van der Waals surface area contributed by atoms with Crippen LogP contribution in [0.5, 0.6) is 0 Å². The molecule has 1 amide bonds. The molecular weight excluding hydrogens is 407 g/mol. The smallest absolute Gasteiger partial charge is 0.241 e. The lowest BCUT2D eigenvalue weighted by molar-refractivity contribution is -0.127. The number of hydrogen-bond acceptors (Lipinski definition) is 5. The van der Waals surface area contributed by atoms with Gasteiger partial charge in [-0.05, 0) is 49.2 Å². The van der Waals surface area contributed by atoms with Crippen LogP contribution in [0.15, 0.2) is 53.1 Å². The second-order valence-corrected chi connectivity index (χ2v) is 7.88. The Balaban J connectivity index is 1.31. The quantitative estimate of drug-likeness (QED) is 0.641. The van der Waals surface area contributed by atoms with Gasteiger partial charge in [0.15, 0.2) is 0 Å². The van der Waals surface area contributed by atoms with Crippen LogP contribution in [0, 0.1) is 11.7 Å². The Kier molecular flexibility index (Phi) is 6.40. The van der Waals surface area contributed by atoms with Crippen molar-refractivity contribution in [3.05, 3.63) is 70.8 Å². The van der Waals surface area contributed by atoms with Gasteiger partial charge in [-0.1, -0.05) is 41.0 Å². The minimum atomic E-state index is -0.285. The maximum absolute atomic E-state index is 13.0. The van der Waals surface area contributed by atoms with Crippen molar-refractivity contribution < 1.29 is 13.7 Å². The Morgan fingerprint density at radius 2 is 2.10 bits per heavy atom. The lowest BCUT2D eigenvalue weighted by Gasteiger charge is -2.30. The van der Waals surface area contributed by atoms with Crippen molar-refractivity contribution in [2.75, 3.05) is 13.1 Å². The Morgan fingerprint density at radius 1 is 1.27 bits per heavy atom. The molecule has 0 saturated carbocycles. The summed E-state index contributed by atoms with van der Waals surface area (Å²) in [5, 5.41) is 7.61. The summed E-state index contributed by atoms with van der Waals surface area (Å²) >= 11 is 6.03. The number of halogens is 2. The van der Waals surface area contributed by atoms with Crippen molar-refractivity contribution in [1.82, 2.24) is 20.4 Å². The van der Waals surface area contributed by atoms with Crippen LogP contribution in [0.1, 0.15) is 24.3 Å². The number of carbonyl (C=O) groups excluding carboxylic acids is 1. The summed E-state index contributed by atoms with van der Waals surface area (Å²) in [5.41, 5.74) is 1.67. The van der Waals surface area contributed by atoms with Gasteiger partial charge in [-0.2, -0.15) is 4.98 Å². The van der Waals surface area contributed by atoms with Gasteiger partial charge >= 0.3 is 0 Å². The first-order chi connectivity index (χ1) is 14.6. The molecule has 1 atom stereocenters. The highest BCUT2D eigenvalue weighted by molar-refractivity contribution is 6.30. The van der Waals surface area contributed by atoms with E-state index in [4.69, 9.17) is 16.1 Å². The molecule has 1 fully saturated rings. The van der Waals surface area contributed by atoms with E-state index >= 15 is 0 Å². The molecule has 1 aromatic heterocycles. The number of likely N-dealkylation sites (tertiary alicyclic amines) is 1. The van der Waals surface area contributed by atoms with Crippen LogP contribution in [0.4, 0.5) is 4.39 Å². The van der Waals surface area contributed by atoms with Gasteiger partial charge in [-0.15, -0.1) is 0 Å². The van der Waals surface area contributed by atoms with Crippen molar-refractivity contribution in [2.45, 2.75) is 25.9 Å². The van der Waals surface area contributed by atoms with Gasteiger partial charge in [-0.25, -0.2) is 4.39 Å². The molecule has 1 N–H and O–H groups in total. The number of carbonyl (C=O) groups is 1. The van der Waals surface area contributed by atoms with E-state index in [9.17, 15) is 9.18 Å². The molecule has 0 radical (unpaired) electrons. The van der Waals surface area contributed by atoms with Crippen LogP contribution in [0.3, 0.4) is 0 Å². The van der Waals surface area contributed by atoms with Crippen LogP contribution >= 0.6 is 11.6 Å². The topological polar surface area (TPSA) is 71.3 Å². The van der Waals surface area contributed by atoms with Crippen molar-refractivity contribution in [3.8, 4) is 11.4 Å². The number of nitrogens with zero attached hydrogens (tertiary/aromatic N) is 3. The Hall–Kier alpha value is -2.77. The fourth-order valence-corrected chi connectivity index (χ4v) is 3.79. The molecule has 1 saturated heterocycles. The molecule has 1 aliphatic rings. The van der Waals surface area contributed by atoms with Gasteiger partial charge in [0.05, 0.1) is 12.5 Å². The molecular formula is C22H22ClFN4O2. The van der Waals surface area contributed by atoms with E-state index in [1.807, 2.05) is 12.1 Å². The van der Waals surface area contributed by atoms with Crippen LogP contribution in [-0.4, -0.2) is 34.0 Å². The highest BCUT2D eigenvalue weighted by atomic mass is 35.5. The van der Waals surface area contributed by atoms with E-state index in [2.05, 4.69) is 20.4 Å². The van der Waals surface area contributed by atoms with E-state index in [0.717, 1.165) is 30.5 Å². The first kappa shape index (κ1) is 20.5. The molecule has 156 valence electrons. The first-order valence-corrected chi connectivity index (χ1v) is 10.3. The molecule has 1 aliphatic heterocycles. The monoisotopic (exact) mass is 428 g/mol.